The minimum atomic E-state index is -4.56. The van der Waals surface area contributed by atoms with Crippen LogP contribution in [0.1, 0.15) is 48.7 Å². The van der Waals surface area contributed by atoms with Gasteiger partial charge in [0.2, 0.25) is 0 Å². The van der Waals surface area contributed by atoms with Crippen molar-refractivity contribution in [3.05, 3.63) is 44.7 Å². The number of hydrogen-bond acceptors (Lipinski definition) is 6. The number of pyridine rings is 1. The maximum atomic E-state index is 13.2. The summed E-state index contributed by atoms with van der Waals surface area (Å²) in [5.41, 5.74) is -2.97. The standard InChI is InChI=1S/C20H17ClF3NO4S2/c1-9(2)28-19(27)13-5-10-8-30-16-7-15(29-31-20(22,23)24)14(21)6-12(16)17(10)25(18(13)26)11-3-4-11/h5-7,9,11H,3-4,8H2,1-2H3. The third kappa shape index (κ3) is 4.70. The number of ether oxygens (including phenoxy) is 1. The molecule has 1 aliphatic heterocycles. The van der Waals surface area contributed by atoms with Gasteiger partial charge in [-0.25, -0.2) is 4.79 Å². The average Bonchev–Trinajstić information content (AvgIpc) is 3.49. The molecule has 0 radical (unpaired) electrons. The molecule has 0 spiro atoms. The molecule has 2 heterocycles. The number of fused-ring (bicyclic) bond motifs is 3. The fourth-order valence-corrected chi connectivity index (χ4v) is 4.96. The predicted molar refractivity (Wildman–Crippen MR) is 114 cm³/mol. The van der Waals surface area contributed by atoms with E-state index >= 15 is 0 Å². The highest BCUT2D eigenvalue weighted by Crippen LogP contribution is 2.49. The van der Waals surface area contributed by atoms with Crippen molar-refractivity contribution in [1.82, 2.24) is 4.57 Å². The van der Waals surface area contributed by atoms with Crippen molar-refractivity contribution in [2.75, 3.05) is 0 Å². The van der Waals surface area contributed by atoms with Crippen LogP contribution >= 0.6 is 35.4 Å². The van der Waals surface area contributed by atoms with Gasteiger partial charge in [0.25, 0.3) is 5.56 Å². The first-order chi connectivity index (χ1) is 14.5. The normalized spacial score (nSPS) is 15.5. The van der Waals surface area contributed by atoms with Crippen molar-refractivity contribution in [3.63, 3.8) is 0 Å². The Morgan fingerprint density at radius 2 is 2.00 bits per heavy atom. The fourth-order valence-electron chi connectivity index (χ4n) is 3.36. The molecule has 1 fully saturated rings. The zero-order valence-corrected chi connectivity index (χ0v) is 18.8. The van der Waals surface area contributed by atoms with Crippen molar-refractivity contribution in [1.29, 1.82) is 0 Å². The number of aromatic nitrogens is 1. The van der Waals surface area contributed by atoms with Gasteiger partial charge in [0.1, 0.15) is 5.56 Å². The van der Waals surface area contributed by atoms with Crippen LogP contribution in [0, 0.1) is 0 Å². The molecule has 1 aromatic heterocycles. The van der Waals surface area contributed by atoms with Gasteiger partial charge in [-0.1, -0.05) is 11.6 Å². The Morgan fingerprint density at radius 1 is 1.29 bits per heavy atom. The van der Waals surface area contributed by atoms with E-state index in [-0.39, 0.29) is 28.5 Å². The van der Waals surface area contributed by atoms with Gasteiger partial charge in [0.05, 0.1) is 16.8 Å². The van der Waals surface area contributed by atoms with Crippen molar-refractivity contribution in [2.45, 2.75) is 55.0 Å². The molecule has 1 saturated carbocycles. The van der Waals surface area contributed by atoms with Gasteiger partial charge in [-0.05, 0) is 50.5 Å². The summed E-state index contributed by atoms with van der Waals surface area (Å²) in [7, 11) is 0. The van der Waals surface area contributed by atoms with Gasteiger partial charge in [-0.2, -0.15) is 13.2 Å². The van der Waals surface area contributed by atoms with E-state index in [1.54, 1.807) is 24.5 Å². The molecule has 0 N–H and O–H groups in total. The highest BCUT2D eigenvalue weighted by atomic mass is 35.5. The molecule has 1 aliphatic carbocycles. The molecular weight excluding hydrogens is 475 g/mol. The van der Waals surface area contributed by atoms with Crippen LogP contribution in [0.3, 0.4) is 0 Å². The Hall–Kier alpha value is -1.78. The third-order valence-corrected chi connectivity index (χ3v) is 6.54. The van der Waals surface area contributed by atoms with Crippen LogP contribution in [0.2, 0.25) is 5.02 Å². The summed E-state index contributed by atoms with van der Waals surface area (Å²) < 4.78 is 49.1. The topological polar surface area (TPSA) is 57.5 Å². The summed E-state index contributed by atoms with van der Waals surface area (Å²) in [6.45, 7) is 3.42. The number of alkyl halides is 3. The second-order valence-electron chi connectivity index (χ2n) is 7.47. The van der Waals surface area contributed by atoms with E-state index < -0.39 is 29.1 Å². The van der Waals surface area contributed by atoms with E-state index in [1.165, 1.54) is 23.9 Å². The number of nitrogens with zero attached hydrogens (tertiary/aromatic N) is 1. The molecule has 1 aromatic carbocycles. The second-order valence-corrected chi connectivity index (χ2v) is 9.69. The zero-order chi connectivity index (χ0) is 22.5. The molecule has 2 aliphatic rings. The Kier molecular flexibility index (Phi) is 5.99. The van der Waals surface area contributed by atoms with Gasteiger partial charge >= 0.3 is 11.5 Å². The summed E-state index contributed by atoms with van der Waals surface area (Å²) >= 11 is 6.95. The van der Waals surface area contributed by atoms with E-state index in [1.807, 2.05) is 0 Å². The molecule has 31 heavy (non-hydrogen) atoms. The largest absolute Gasteiger partial charge is 0.479 e. The maximum Gasteiger partial charge on any atom is 0.479 e. The number of rotatable bonds is 5. The number of benzene rings is 1. The summed E-state index contributed by atoms with van der Waals surface area (Å²) in [4.78, 5) is 26.3. The molecule has 11 heteroatoms. The van der Waals surface area contributed by atoms with Gasteiger partial charge in [-0.3, -0.25) is 4.79 Å². The Balaban J connectivity index is 1.81. The monoisotopic (exact) mass is 491 g/mol. The van der Waals surface area contributed by atoms with E-state index in [9.17, 15) is 22.8 Å². The first-order valence-corrected chi connectivity index (χ1v) is 11.5. The minimum Gasteiger partial charge on any atom is -0.459 e. The summed E-state index contributed by atoms with van der Waals surface area (Å²) in [5.74, 6) is -0.333. The number of hydrogen-bond donors (Lipinski definition) is 0. The number of carbonyl (C=O) groups excluding carboxylic acids is 1. The number of carbonyl (C=O) groups is 1. The van der Waals surface area contributed by atoms with Gasteiger partial charge < -0.3 is 13.5 Å². The number of esters is 1. The Morgan fingerprint density at radius 3 is 2.61 bits per heavy atom. The lowest BCUT2D eigenvalue weighted by Crippen LogP contribution is -2.30. The average molecular weight is 492 g/mol. The lowest BCUT2D eigenvalue weighted by atomic mass is 10.0. The SMILES string of the molecule is CC(C)OC(=O)c1cc2c(n(C3CC3)c1=O)-c1cc(Cl)c(OSC(F)(F)F)cc1SC2. The Labute approximate surface area is 189 Å². The Bertz CT molecular complexity index is 1110. The van der Waals surface area contributed by atoms with Crippen LogP contribution in [-0.4, -0.2) is 22.1 Å². The van der Waals surface area contributed by atoms with Crippen molar-refractivity contribution >= 4 is 41.4 Å². The molecule has 0 unspecified atom stereocenters. The van der Waals surface area contributed by atoms with Crippen LogP contribution in [0.5, 0.6) is 5.75 Å². The quantitative estimate of drug-likeness (QED) is 0.365. The van der Waals surface area contributed by atoms with Crippen LogP contribution in [0.4, 0.5) is 13.2 Å². The van der Waals surface area contributed by atoms with Crippen LogP contribution in [0.15, 0.2) is 27.9 Å². The molecule has 4 rings (SSSR count). The molecule has 5 nitrogen and oxygen atoms in total. The third-order valence-electron chi connectivity index (χ3n) is 4.69. The first kappa shape index (κ1) is 22.4. The van der Waals surface area contributed by atoms with Gasteiger partial charge in [0, 0.05) is 22.3 Å². The second kappa shape index (κ2) is 8.29. The minimum absolute atomic E-state index is 0.00189. The van der Waals surface area contributed by atoms with Crippen molar-refractivity contribution in [2.24, 2.45) is 0 Å². The van der Waals surface area contributed by atoms with Crippen LogP contribution in [-0.2, 0) is 10.5 Å². The molecule has 0 saturated heterocycles. The highest BCUT2D eigenvalue weighted by molar-refractivity contribution is 7.98. The van der Waals surface area contributed by atoms with Crippen molar-refractivity contribution in [3.8, 4) is 17.0 Å². The lowest BCUT2D eigenvalue weighted by molar-refractivity contribution is -0.0369. The number of halogens is 4. The molecule has 0 amide bonds. The van der Waals surface area contributed by atoms with Gasteiger partial charge in [-0.15, -0.1) is 11.8 Å². The predicted octanol–water partition coefficient (Wildman–Crippen LogP) is 6.22. The van der Waals surface area contributed by atoms with E-state index in [2.05, 4.69) is 0 Å². The van der Waals surface area contributed by atoms with E-state index in [0.29, 0.717) is 21.9 Å². The molecule has 0 bridgehead atoms. The summed E-state index contributed by atoms with van der Waals surface area (Å²) in [6, 6.07) is 4.47. The highest BCUT2D eigenvalue weighted by Gasteiger charge is 2.35. The molecule has 166 valence electrons. The van der Waals surface area contributed by atoms with Crippen LogP contribution < -0.4 is 9.74 Å². The molecule has 2 aromatic rings. The number of thioether (sulfide) groups is 1. The summed E-state index contributed by atoms with van der Waals surface area (Å²) in [5, 5.41) is 0.00189. The van der Waals surface area contributed by atoms with Crippen molar-refractivity contribution < 1.29 is 26.9 Å². The molecule has 0 atom stereocenters. The lowest BCUT2D eigenvalue weighted by Gasteiger charge is -2.25. The smallest absolute Gasteiger partial charge is 0.459 e. The van der Waals surface area contributed by atoms with Crippen LogP contribution in [0.25, 0.3) is 11.3 Å². The fraction of sp³-hybridized carbons (Fsp3) is 0.400. The first-order valence-electron chi connectivity index (χ1n) is 9.43. The zero-order valence-electron chi connectivity index (χ0n) is 16.4. The maximum absolute atomic E-state index is 13.2. The van der Waals surface area contributed by atoms with E-state index in [0.717, 1.165) is 18.4 Å². The van der Waals surface area contributed by atoms with E-state index in [4.69, 9.17) is 20.5 Å². The summed E-state index contributed by atoms with van der Waals surface area (Å²) in [6.07, 6.45) is 1.24. The molecular formula is C20H17ClF3NO4S2. The van der Waals surface area contributed by atoms with Gasteiger partial charge in [0.15, 0.2) is 17.8 Å².